The van der Waals surface area contributed by atoms with Gasteiger partial charge in [0.25, 0.3) is 0 Å². The molecule has 0 aromatic rings. The summed E-state index contributed by atoms with van der Waals surface area (Å²) >= 11 is 0. The number of allylic oxidation sites excluding steroid dienone is 1. The van der Waals surface area contributed by atoms with Crippen molar-refractivity contribution in [1.82, 2.24) is 0 Å². The molecule has 3 saturated carbocycles. The molecular weight excluding hydrogens is 424 g/mol. The Bertz CT molecular complexity index is 961. The molecular formula is C30H46O4. The largest absolute Gasteiger partial charge is 0.393 e. The summed E-state index contributed by atoms with van der Waals surface area (Å²) in [7, 11) is 0. The number of carbonyl (C=O) groups is 1. The second-order valence-electron chi connectivity index (χ2n) is 14.4. The van der Waals surface area contributed by atoms with E-state index < -0.39 is 17.1 Å². The lowest BCUT2D eigenvalue weighted by Gasteiger charge is -2.65. The highest BCUT2D eigenvalue weighted by atomic mass is 16.5. The number of hydrogen-bond donors (Lipinski definition) is 2. The number of ether oxygens (including phenoxy) is 1. The Morgan fingerprint density at radius 3 is 2.29 bits per heavy atom. The molecule has 4 nitrogen and oxygen atoms in total. The molecule has 3 fully saturated rings. The molecule has 0 spiro atoms. The summed E-state index contributed by atoms with van der Waals surface area (Å²) in [5.41, 5.74) is -0.847. The highest BCUT2D eigenvalue weighted by Gasteiger charge is 2.74. The predicted molar refractivity (Wildman–Crippen MR) is 134 cm³/mol. The SMILES string of the molecule is CC1(C)C=CCC(C)(C2C(O)CC3(C)C4CC=C5C(CCC(O)C5(C)C)C4(C)C(=O)CC23C)O1. The molecule has 4 aliphatic carbocycles. The summed E-state index contributed by atoms with van der Waals surface area (Å²) in [4.78, 5) is 14.3. The van der Waals surface area contributed by atoms with Gasteiger partial charge in [0.1, 0.15) is 5.78 Å². The van der Waals surface area contributed by atoms with E-state index in [1.54, 1.807) is 0 Å². The van der Waals surface area contributed by atoms with Crippen LogP contribution in [0.2, 0.25) is 0 Å². The lowest BCUT2D eigenvalue weighted by molar-refractivity contribution is -0.207. The van der Waals surface area contributed by atoms with Crippen molar-refractivity contribution in [2.45, 2.75) is 117 Å². The van der Waals surface area contributed by atoms with Crippen LogP contribution in [-0.2, 0) is 9.53 Å². The Kier molecular flexibility index (Phi) is 5.14. The third kappa shape index (κ3) is 2.91. The fourth-order valence-electron chi connectivity index (χ4n) is 10.0. The van der Waals surface area contributed by atoms with Crippen molar-refractivity contribution in [3.63, 3.8) is 0 Å². The van der Waals surface area contributed by atoms with Crippen LogP contribution in [0.25, 0.3) is 0 Å². The summed E-state index contributed by atoms with van der Waals surface area (Å²) in [6, 6.07) is 0. The third-order valence-corrected chi connectivity index (χ3v) is 11.8. The standard InChI is InChI=1S/C30H46O4/c1-25(2)14-9-15-29(7,34-25)24-20(31)16-27(5)21-12-10-18-19(11-13-22(32)26(18,3)4)30(21,8)23(33)17-28(24,27)6/h9-10,14,19-22,24,31-32H,11-13,15-17H2,1-8H3. The van der Waals surface area contributed by atoms with Crippen molar-refractivity contribution < 1.29 is 19.7 Å². The first-order valence-corrected chi connectivity index (χ1v) is 13.5. The molecule has 2 N–H and O–H groups in total. The number of aliphatic hydroxyl groups excluding tert-OH is 2. The predicted octanol–water partition coefficient (Wildman–Crippen LogP) is 5.62. The zero-order chi connectivity index (χ0) is 25.1. The van der Waals surface area contributed by atoms with Gasteiger partial charge in [-0.25, -0.2) is 0 Å². The molecule has 0 saturated heterocycles. The Morgan fingerprint density at radius 1 is 0.971 bits per heavy atom. The second kappa shape index (κ2) is 7.07. The first-order valence-electron chi connectivity index (χ1n) is 13.5. The Hall–Kier alpha value is -0.970. The maximum Gasteiger partial charge on any atom is 0.140 e. The van der Waals surface area contributed by atoms with Gasteiger partial charge in [0, 0.05) is 23.2 Å². The summed E-state index contributed by atoms with van der Waals surface area (Å²) < 4.78 is 6.70. The minimum absolute atomic E-state index is 0.0993. The van der Waals surface area contributed by atoms with Crippen LogP contribution in [-0.4, -0.2) is 39.4 Å². The molecule has 0 bridgehead atoms. The zero-order valence-electron chi connectivity index (χ0n) is 22.6. The molecule has 4 heteroatoms. The van der Waals surface area contributed by atoms with Crippen LogP contribution in [0, 0.1) is 39.4 Å². The van der Waals surface area contributed by atoms with E-state index in [-0.39, 0.29) is 45.7 Å². The van der Waals surface area contributed by atoms with Crippen molar-refractivity contribution in [2.24, 2.45) is 39.4 Å². The van der Waals surface area contributed by atoms with Crippen LogP contribution in [0.15, 0.2) is 23.8 Å². The van der Waals surface area contributed by atoms with Crippen LogP contribution >= 0.6 is 0 Å². The first-order chi connectivity index (χ1) is 15.5. The topological polar surface area (TPSA) is 66.8 Å². The summed E-state index contributed by atoms with van der Waals surface area (Å²) in [6.07, 6.45) is 10.3. The van der Waals surface area contributed by atoms with Crippen LogP contribution in [0.5, 0.6) is 0 Å². The molecule has 1 aliphatic heterocycles. The molecule has 190 valence electrons. The van der Waals surface area contributed by atoms with Crippen molar-refractivity contribution in [2.75, 3.05) is 0 Å². The number of carbonyl (C=O) groups excluding carboxylic acids is 1. The molecule has 5 aliphatic rings. The quantitative estimate of drug-likeness (QED) is 0.489. The van der Waals surface area contributed by atoms with Gasteiger partial charge in [-0.05, 0) is 75.5 Å². The van der Waals surface area contributed by atoms with Gasteiger partial charge in [-0.15, -0.1) is 0 Å². The van der Waals surface area contributed by atoms with Crippen LogP contribution in [0.1, 0.15) is 93.9 Å². The third-order valence-electron chi connectivity index (χ3n) is 11.8. The van der Waals surface area contributed by atoms with E-state index in [0.29, 0.717) is 18.6 Å². The molecule has 34 heavy (non-hydrogen) atoms. The van der Waals surface area contributed by atoms with Crippen molar-refractivity contribution >= 4 is 5.78 Å². The summed E-state index contributed by atoms with van der Waals surface area (Å²) in [6.45, 7) is 17.5. The lowest BCUT2D eigenvalue weighted by Crippen LogP contribution is -2.64. The highest BCUT2D eigenvalue weighted by molar-refractivity contribution is 5.88. The van der Waals surface area contributed by atoms with E-state index in [1.807, 2.05) is 0 Å². The fraction of sp³-hybridized carbons (Fsp3) is 0.833. The molecule has 9 atom stereocenters. The van der Waals surface area contributed by atoms with Gasteiger partial charge in [-0.1, -0.05) is 58.4 Å². The van der Waals surface area contributed by atoms with E-state index in [0.717, 1.165) is 25.7 Å². The average Bonchev–Trinajstić information content (AvgIpc) is 2.90. The number of Topliss-reactive ketones (excluding diaryl/α,β-unsaturated/α-hetero) is 1. The van der Waals surface area contributed by atoms with Crippen LogP contribution in [0.3, 0.4) is 0 Å². The fourth-order valence-corrected chi connectivity index (χ4v) is 10.0. The molecule has 0 radical (unpaired) electrons. The molecule has 1 heterocycles. The van der Waals surface area contributed by atoms with Gasteiger partial charge >= 0.3 is 0 Å². The van der Waals surface area contributed by atoms with Gasteiger partial charge in [0.2, 0.25) is 0 Å². The maximum absolute atomic E-state index is 14.3. The van der Waals surface area contributed by atoms with Gasteiger partial charge in [0.05, 0.1) is 23.4 Å². The van der Waals surface area contributed by atoms with Crippen molar-refractivity contribution in [1.29, 1.82) is 0 Å². The summed E-state index contributed by atoms with van der Waals surface area (Å²) in [5, 5.41) is 22.5. The zero-order valence-corrected chi connectivity index (χ0v) is 22.6. The van der Waals surface area contributed by atoms with Crippen LogP contribution in [0.4, 0.5) is 0 Å². The number of hydrogen-bond acceptors (Lipinski definition) is 4. The molecule has 9 unspecified atom stereocenters. The van der Waals surface area contributed by atoms with E-state index in [9.17, 15) is 15.0 Å². The van der Waals surface area contributed by atoms with Crippen LogP contribution < -0.4 is 0 Å². The normalized spacial score (nSPS) is 53.5. The monoisotopic (exact) mass is 470 g/mol. The summed E-state index contributed by atoms with van der Waals surface area (Å²) in [5.74, 6) is 0.617. The van der Waals surface area contributed by atoms with E-state index in [4.69, 9.17) is 4.74 Å². The van der Waals surface area contributed by atoms with E-state index >= 15 is 0 Å². The average molecular weight is 471 g/mol. The van der Waals surface area contributed by atoms with Crippen molar-refractivity contribution in [3.05, 3.63) is 23.8 Å². The van der Waals surface area contributed by atoms with Gasteiger partial charge in [-0.3, -0.25) is 4.79 Å². The van der Waals surface area contributed by atoms with E-state index in [1.165, 1.54) is 5.57 Å². The first kappa shape index (κ1) is 24.7. The Labute approximate surface area is 206 Å². The maximum atomic E-state index is 14.3. The van der Waals surface area contributed by atoms with Gasteiger partial charge in [-0.2, -0.15) is 0 Å². The highest BCUT2D eigenvalue weighted by Crippen LogP contribution is 2.74. The number of fused-ring (bicyclic) bond motifs is 5. The number of ketones is 1. The second-order valence-corrected chi connectivity index (χ2v) is 14.4. The number of rotatable bonds is 1. The Morgan fingerprint density at radius 2 is 1.65 bits per heavy atom. The molecule has 5 rings (SSSR count). The minimum atomic E-state index is -0.509. The Balaban J connectivity index is 1.60. The van der Waals surface area contributed by atoms with Crippen molar-refractivity contribution in [3.8, 4) is 0 Å². The molecule has 0 amide bonds. The molecule has 0 aromatic heterocycles. The van der Waals surface area contributed by atoms with E-state index in [2.05, 4.69) is 73.6 Å². The smallest absolute Gasteiger partial charge is 0.140 e. The van der Waals surface area contributed by atoms with Gasteiger partial charge < -0.3 is 14.9 Å². The number of aliphatic hydroxyl groups is 2. The lowest BCUT2D eigenvalue weighted by atomic mass is 9.38. The minimum Gasteiger partial charge on any atom is -0.393 e. The van der Waals surface area contributed by atoms with Gasteiger partial charge in [0.15, 0.2) is 0 Å². The molecule has 0 aromatic carbocycles.